The second-order valence-corrected chi connectivity index (χ2v) is 6.10. The van der Waals surface area contributed by atoms with Crippen LogP contribution in [0.25, 0.3) is 0 Å². The molecule has 0 radical (unpaired) electrons. The minimum Gasteiger partial charge on any atom is -0.370 e. The van der Waals surface area contributed by atoms with Gasteiger partial charge in [-0.25, -0.2) is 0 Å². The molecule has 0 spiro atoms. The lowest BCUT2D eigenvalue weighted by atomic mass is 9.88. The second-order valence-electron chi connectivity index (χ2n) is 5.69. The van der Waals surface area contributed by atoms with E-state index >= 15 is 0 Å². The Morgan fingerprint density at radius 2 is 2.06 bits per heavy atom. The Hall–Kier alpha value is -0.730. The number of rotatable bonds is 2. The van der Waals surface area contributed by atoms with E-state index in [1.807, 2.05) is 13.0 Å². The van der Waals surface area contributed by atoms with Crippen molar-refractivity contribution in [3.63, 3.8) is 0 Å². The first-order chi connectivity index (χ1) is 8.49. The third-order valence-electron chi connectivity index (χ3n) is 4.17. The molecular formula is C15H23ClN2. The number of halogens is 1. The first kappa shape index (κ1) is 13.7. The summed E-state index contributed by atoms with van der Waals surface area (Å²) < 4.78 is 0. The summed E-state index contributed by atoms with van der Waals surface area (Å²) in [6.45, 7) is 8.83. The quantitative estimate of drug-likeness (QED) is 0.881. The molecular weight excluding hydrogens is 244 g/mol. The van der Waals surface area contributed by atoms with Crippen molar-refractivity contribution in [1.29, 1.82) is 0 Å². The van der Waals surface area contributed by atoms with Crippen LogP contribution < -0.4 is 10.6 Å². The summed E-state index contributed by atoms with van der Waals surface area (Å²) in [5.41, 5.74) is 8.13. The highest BCUT2D eigenvalue weighted by Gasteiger charge is 2.24. The maximum atomic E-state index is 6.39. The summed E-state index contributed by atoms with van der Waals surface area (Å²) in [6.07, 6.45) is 1.24. The van der Waals surface area contributed by atoms with Crippen LogP contribution in [0.3, 0.4) is 0 Å². The zero-order valence-corrected chi connectivity index (χ0v) is 12.2. The van der Waals surface area contributed by atoms with Gasteiger partial charge in [-0.15, -0.1) is 0 Å². The summed E-state index contributed by atoms with van der Waals surface area (Å²) in [5.74, 6) is 1.53. The molecule has 1 aliphatic heterocycles. The number of hydrogen-bond acceptors (Lipinski definition) is 2. The van der Waals surface area contributed by atoms with Crippen LogP contribution in [-0.4, -0.2) is 13.1 Å². The summed E-state index contributed by atoms with van der Waals surface area (Å²) >= 11 is 6.39. The SMILES string of the molecule is CC(N)c1ccc(N2CCC(C)C(C)C2)c(Cl)c1. The van der Waals surface area contributed by atoms with Crippen molar-refractivity contribution in [3.8, 4) is 0 Å². The van der Waals surface area contributed by atoms with Crippen LogP contribution in [0, 0.1) is 11.8 Å². The van der Waals surface area contributed by atoms with Crippen molar-refractivity contribution in [2.24, 2.45) is 17.6 Å². The van der Waals surface area contributed by atoms with Gasteiger partial charge in [0.05, 0.1) is 10.7 Å². The lowest BCUT2D eigenvalue weighted by molar-refractivity contribution is 0.324. The van der Waals surface area contributed by atoms with Gasteiger partial charge in [0, 0.05) is 19.1 Å². The maximum absolute atomic E-state index is 6.39. The molecule has 1 saturated heterocycles. The van der Waals surface area contributed by atoms with Crippen LogP contribution in [0.15, 0.2) is 18.2 Å². The van der Waals surface area contributed by atoms with E-state index in [1.165, 1.54) is 6.42 Å². The molecule has 0 bridgehead atoms. The molecule has 0 aliphatic carbocycles. The van der Waals surface area contributed by atoms with Crippen LogP contribution in [-0.2, 0) is 0 Å². The van der Waals surface area contributed by atoms with Gasteiger partial charge in [-0.2, -0.15) is 0 Å². The number of anilines is 1. The normalized spacial score (nSPS) is 26.2. The Morgan fingerprint density at radius 1 is 1.33 bits per heavy atom. The fourth-order valence-electron chi connectivity index (χ4n) is 2.54. The van der Waals surface area contributed by atoms with E-state index in [0.717, 1.165) is 41.2 Å². The molecule has 2 N–H and O–H groups in total. The molecule has 0 aromatic heterocycles. The van der Waals surface area contributed by atoms with Crippen LogP contribution >= 0.6 is 11.6 Å². The van der Waals surface area contributed by atoms with Crippen LogP contribution in [0.4, 0.5) is 5.69 Å². The molecule has 0 saturated carbocycles. The summed E-state index contributed by atoms with van der Waals surface area (Å²) in [6, 6.07) is 6.25. The highest BCUT2D eigenvalue weighted by molar-refractivity contribution is 6.33. The standard InChI is InChI=1S/C15H23ClN2/c1-10-6-7-18(9-11(10)2)15-5-4-13(12(3)17)8-14(15)16/h4-5,8,10-12H,6-7,9,17H2,1-3H3. The first-order valence-electron chi connectivity index (χ1n) is 6.79. The van der Waals surface area contributed by atoms with E-state index in [2.05, 4.69) is 30.9 Å². The third-order valence-corrected chi connectivity index (χ3v) is 4.48. The molecule has 3 atom stereocenters. The minimum absolute atomic E-state index is 0.0388. The molecule has 1 fully saturated rings. The summed E-state index contributed by atoms with van der Waals surface area (Å²) in [4.78, 5) is 2.40. The predicted molar refractivity (Wildman–Crippen MR) is 79.2 cm³/mol. The Labute approximate surface area is 115 Å². The van der Waals surface area contributed by atoms with Gasteiger partial charge in [0.1, 0.15) is 0 Å². The van der Waals surface area contributed by atoms with Crippen molar-refractivity contribution in [3.05, 3.63) is 28.8 Å². The van der Waals surface area contributed by atoms with Crippen LogP contribution in [0.1, 0.15) is 38.8 Å². The van der Waals surface area contributed by atoms with E-state index in [1.54, 1.807) is 0 Å². The number of hydrogen-bond donors (Lipinski definition) is 1. The molecule has 2 nitrogen and oxygen atoms in total. The van der Waals surface area contributed by atoms with Crippen molar-refractivity contribution < 1.29 is 0 Å². The summed E-state index contributed by atoms with van der Waals surface area (Å²) in [5, 5.41) is 0.826. The average molecular weight is 267 g/mol. The zero-order chi connectivity index (χ0) is 13.3. The largest absolute Gasteiger partial charge is 0.370 e. The smallest absolute Gasteiger partial charge is 0.0642 e. The molecule has 18 heavy (non-hydrogen) atoms. The molecule has 1 heterocycles. The highest BCUT2D eigenvalue weighted by atomic mass is 35.5. The van der Waals surface area contributed by atoms with Crippen molar-refractivity contribution in [2.45, 2.75) is 33.2 Å². The van der Waals surface area contributed by atoms with E-state index in [-0.39, 0.29) is 6.04 Å². The maximum Gasteiger partial charge on any atom is 0.0642 e. The molecule has 2 rings (SSSR count). The van der Waals surface area contributed by atoms with Gasteiger partial charge < -0.3 is 10.6 Å². The Bertz CT molecular complexity index is 417. The van der Waals surface area contributed by atoms with Crippen LogP contribution in [0.5, 0.6) is 0 Å². The second kappa shape index (κ2) is 5.50. The average Bonchev–Trinajstić information content (AvgIpc) is 2.32. The molecule has 1 aromatic rings. The molecule has 3 unspecified atom stereocenters. The lowest BCUT2D eigenvalue weighted by Gasteiger charge is -2.37. The lowest BCUT2D eigenvalue weighted by Crippen LogP contribution is -2.38. The molecule has 3 heteroatoms. The van der Waals surface area contributed by atoms with Crippen molar-refractivity contribution >= 4 is 17.3 Å². The van der Waals surface area contributed by atoms with E-state index in [4.69, 9.17) is 17.3 Å². The van der Waals surface area contributed by atoms with Gasteiger partial charge in [0.15, 0.2) is 0 Å². The van der Waals surface area contributed by atoms with Gasteiger partial charge in [-0.05, 0) is 42.9 Å². The fourth-order valence-corrected chi connectivity index (χ4v) is 2.85. The minimum atomic E-state index is 0.0388. The summed E-state index contributed by atoms with van der Waals surface area (Å²) in [7, 11) is 0. The number of benzene rings is 1. The van der Waals surface area contributed by atoms with Gasteiger partial charge in [-0.3, -0.25) is 0 Å². The molecule has 100 valence electrons. The number of nitrogens with two attached hydrogens (primary N) is 1. The van der Waals surface area contributed by atoms with E-state index in [0.29, 0.717) is 0 Å². The third kappa shape index (κ3) is 2.81. The highest BCUT2D eigenvalue weighted by Crippen LogP contribution is 2.33. The monoisotopic (exact) mass is 266 g/mol. The molecule has 0 amide bonds. The number of nitrogens with zero attached hydrogens (tertiary/aromatic N) is 1. The van der Waals surface area contributed by atoms with E-state index < -0.39 is 0 Å². The molecule has 1 aromatic carbocycles. The van der Waals surface area contributed by atoms with Gasteiger partial charge >= 0.3 is 0 Å². The Kier molecular flexibility index (Phi) is 4.18. The topological polar surface area (TPSA) is 29.3 Å². The number of piperidine rings is 1. The van der Waals surface area contributed by atoms with Crippen molar-refractivity contribution in [1.82, 2.24) is 0 Å². The van der Waals surface area contributed by atoms with Gasteiger partial charge in [0.2, 0.25) is 0 Å². The molecule has 1 aliphatic rings. The Morgan fingerprint density at radius 3 is 2.61 bits per heavy atom. The van der Waals surface area contributed by atoms with Crippen molar-refractivity contribution in [2.75, 3.05) is 18.0 Å². The zero-order valence-electron chi connectivity index (χ0n) is 11.5. The fraction of sp³-hybridized carbons (Fsp3) is 0.600. The first-order valence-corrected chi connectivity index (χ1v) is 7.16. The predicted octanol–water partition coefficient (Wildman–Crippen LogP) is 3.84. The van der Waals surface area contributed by atoms with E-state index in [9.17, 15) is 0 Å². The van der Waals surface area contributed by atoms with Gasteiger partial charge in [0.25, 0.3) is 0 Å². The Balaban J connectivity index is 2.19. The van der Waals surface area contributed by atoms with Gasteiger partial charge in [-0.1, -0.05) is 31.5 Å². The van der Waals surface area contributed by atoms with Crippen LogP contribution in [0.2, 0.25) is 5.02 Å².